The molecule has 8 rings (SSSR count). The number of nitrogens with zero attached hydrogens (tertiary/aromatic N) is 3. The quantitative estimate of drug-likeness (QED) is 0.219. The highest BCUT2D eigenvalue weighted by atomic mass is 32.2. The molecule has 2 amide bonds. The van der Waals surface area contributed by atoms with Gasteiger partial charge in [-0.3, -0.25) is 14.5 Å². The lowest BCUT2D eigenvalue weighted by Crippen LogP contribution is -2.39. The number of carbonyl (C=O) groups is 2. The Kier molecular flexibility index (Phi) is 8.92. The summed E-state index contributed by atoms with van der Waals surface area (Å²) in [4.78, 5) is 32.3. The first-order valence-corrected chi connectivity index (χ1v) is 19.9. The van der Waals surface area contributed by atoms with E-state index in [4.69, 9.17) is 9.88 Å². The van der Waals surface area contributed by atoms with Gasteiger partial charge < -0.3 is 14.2 Å². The Morgan fingerprint density at radius 2 is 1.59 bits per heavy atom. The monoisotopic (exact) mass is 709 g/mol. The van der Waals surface area contributed by atoms with E-state index in [9.17, 15) is 18.0 Å². The number of methoxy groups -OCH3 is 1. The number of nitrogens with one attached hydrogen (secondary N) is 1. The van der Waals surface area contributed by atoms with Crippen molar-refractivity contribution < 1.29 is 22.7 Å². The Morgan fingerprint density at radius 1 is 0.902 bits per heavy atom. The van der Waals surface area contributed by atoms with Crippen LogP contribution in [-0.4, -0.2) is 67.9 Å². The molecule has 51 heavy (non-hydrogen) atoms. The van der Waals surface area contributed by atoms with Crippen molar-refractivity contribution in [1.82, 2.24) is 19.1 Å². The summed E-state index contributed by atoms with van der Waals surface area (Å²) in [6, 6.07) is 24.1. The third-order valence-electron chi connectivity index (χ3n) is 11.8. The van der Waals surface area contributed by atoms with Crippen LogP contribution in [0.1, 0.15) is 72.3 Å². The lowest BCUT2D eigenvalue weighted by molar-refractivity contribution is -0.136. The highest BCUT2D eigenvalue weighted by molar-refractivity contribution is 7.87. The minimum Gasteiger partial charge on any atom is -0.497 e. The van der Waals surface area contributed by atoms with Crippen LogP contribution < -0.4 is 14.6 Å². The van der Waals surface area contributed by atoms with Crippen LogP contribution in [0, 0.1) is 17.3 Å². The molecule has 2 saturated carbocycles. The molecule has 11 heteroatoms. The van der Waals surface area contributed by atoms with Crippen LogP contribution in [0.15, 0.2) is 72.8 Å². The third-order valence-corrected chi connectivity index (χ3v) is 12.3. The first-order valence-electron chi connectivity index (χ1n) is 18.3. The van der Waals surface area contributed by atoms with Crippen molar-refractivity contribution in [3.05, 3.63) is 89.5 Å². The van der Waals surface area contributed by atoms with Crippen molar-refractivity contribution in [3.63, 3.8) is 0 Å². The van der Waals surface area contributed by atoms with Crippen molar-refractivity contribution in [3.8, 4) is 17.0 Å². The van der Waals surface area contributed by atoms with E-state index in [1.54, 1.807) is 19.2 Å². The van der Waals surface area contributed by atoms with Gasteiger partial charge in [-0.25, -0.2) is 9.86 Å². The summed E-state index contributed by atoms with van der Waals surface area (Å²) >= 11 is 0. The Balaban J connectivity index is 1.14. The van der Waals surface area contributed by atoms with E-state index in [2.05, 4.69) is 56.8 Å². The molecule has 10 nitrogen and oxygen atoms in total. The number of nitrogens with two attached hydrogens (primary N) is 1. The second-order valence-electron chi connectivity index (χ2n) is 15.3. The second-order valence-corrected chi connectivity index (χ2v) is 16.6. The fraction of sp³-hybridized carbons (Fsp3) is 0.450. The molecular formula is C40H47N5O5S. The fourth-order valence-corrected chi connectivity index (χ4v) is 9.57. The van der Waals surface area contributed by atoms with Crippen LogP contribution in [0.3, 0.4) is 0 Å². The molecule has 2 aliphatic heterocycles. The molecular weight excluding hydrogens is 663 g/mol. The van der Waals surface area contributed by atoms with Crippen molar-refractivity contribution in [1.29, 1.82) is 0 Å². The van der Waals surface area contributed by atoms with E-state index < -0.39 is 21.5 Å². The number of benzene rings is 3. The third kappa shape index (κ3) is 6.79. The number of fused-ring (bicyclic) bond motifs is 2. The maximum absolute atomic E-state index is 14.6. The van der Waals surface area contributed by atoms with Gasteiger partial charge in [0.25, 0.3) is 16.1 Å². The molecule has 268 valence electrons. The molecule has 2 atom stereocenters. The zero-order chi connectivity index (χ0) is 35.3. The molecule has 3 N–H and O–H groups in total. The van der Waals surface area contributed by atoms with E-state index in [1.807, 2.05) is 22.9 Å². The van der Waals surface area contributed by atoms with Gasteiger partial charge in [0, 0.05) is 55.7 Å². The summed E-state index contributed by atoms with van der Waals surface area (Å²) in [5, 5.41) is 6.22. The Bertz CT molecular complexity index is 2040. The topological polar surface area (TPSA) is 127 Å². The molecule has 3 heterocycles. The van der Waals surface area contributed by atoms with Crippen LogP contribution in [-0.2, 0) is 28.1 Å². The molecule has 0 radical (unpaired) electrons. The molecule has 0 bridgehead atoms. The van der Waals surface area contributed by atoms with Gasteiger partial charge in [-0.05, 0) is 96.5 Å². The van der Waals surface area contributed by atoms with Crippen LogP contribution in [0.2, 0.25) is 0 Å². The molecule has 0 spiro atoms. The Hall–Kier alpha value is -4.19. The van der Waals surface area contributed by atoms with E-state index in [1.165, 1.54) is 17.5 Å². The van der Waals surface area contributed by atoms with E-state index in [0.29, 0.717) is 24.3 Å². The summed E-state index contributed by atoms with van der Waals surface area (Å²) in [5.74, 6) is 1.50. The zero-order valence-corrected chi connectivity index (χ0v) is 30.0. The Morgan fingerprint density at radius 3 is 2.22 bits per heavy atom. The normalized spacial score (nSPS) is 21.9. The second kappa shape index (κ2) is 13.4. The summed E-state index contributed by atoms with van der Waals surface area (Å²) in [6.45, 7) is 5.03. The number of ether oxygens (including phenoxy) is 1. The summed E-state index contributed by atoms with van der Waals surface area (Å²) in [5.41, 5.74) is 5.17. The lowest BCUT2D eigenvalue weighted by Gasteiger charge is -2.27. The van der Waals surface area contributed by atoms with Crippen molar-refractivity contribution in [2.24, 2.45) is 22.4 Å². The Labute approximate surface area is 300 Å². The number of aromatic nitrogens is 1. The van der Waals surface area contributed by atoms with Crippen LogP contribution in [0.4, 0.5) is 0 Å². The summed E-state index contributed by atoms with van der Waals surface area (Å²) in [7, 11) is -2.59. The zero-order valence-electron chi connectivity index (χ0n) is 29.2. The summed E-state index contributed by atoms with van der Waals surface area (Å²) < 4.78 is 33.3. The molecule has 2 aliphatic carbocycles. The average Bonchev–Trinajstić information content (AvgIpc) is 3.51. The van der Waals surface area contributed by atoms with E-state index in [-0.39, 0.29) is 11.5 Å². The number of hydrogen-bond acceptors (Lipinski definition) is 6. The maximum atomic E-state index is 14.6. The molecule has 4 aromatic rings. The summed E-state index contributed by atoms with van der Waals surface area (Å²) in [6.07, 6.45) is 7.27. The first-order chi connectivity index (χ1) is 24.6. The number of hydrogen-bond donors (Lipinski definition) is 2. The smallest absolute Gasteiger partial charge is 0.298 e. The standard InChI is InChI=1S/C40H47N5O5S/c1-50-33-15-12-29(13-16-33)37-36(28-10-6-3-7-11-28)34-17-14-30(38(46)42-51(41,48)49)20-35(34)45(37)26-40(18-19-40)39(47)44-24-31-22-43(23-32(31)25-44)21-27-8-4-2-5-9-27/h2,4-5,8-9,12-17,20,28,31-32H,3,6-7,10-11,18-19,21-26H2,1H3,(H,42,46)(H2,41,48,49). The molecule has 2 saturated heterocycles. The van der Waals surface area contributed by atoms with Gasteiger partial charge in [0.15, 0.2) is 0 Å². The fourth-order valence-electron chi connectivity index (χ4n) is 9.19. The maximum Gasteiger partial charge on any atom is 0.298 e. The molecule has 4 aliphatic rings. The predicted molar refractivity (Wildman–Crippen MR) is 197 cm³/mol. The lowest BCUT2D eigenvalue weighted by atomic mass is 9.81. The number of likely N-dealkylation sites (tertiary alicyclic amines) is 2. The molecule has 2 unspecified atom stereocenters. The van der Waals surface area contributed by atoms with Gasteiger partial charge in [-0.2, -0.15) is 8.42 Å². The minimum absolute atomic E-state index is 0.204. The van der Waals surface area contributed by atoms with Gasteiger partial charge in [0.1, 0.15) is 5.75 Å². The van der Waals surface area contributed by atoms with E-state index in [0.717, 1.165) is 99.2 Å². The molecule has 3 aromatic carbocycles. The highest BCUT2D eigenvalue weighted by Gasteiger charge is 2.55. The van der Waals surface area contributed by atoms with Crippen molar-refractivity contribution in [2.45, 2.75) is 64.0 Å². The predicted octanol–water partition coefficient (Wildman–Crippen LogP) is 5.67. The largest absolute Gasteiger partial charge is 0.497 e. The van der Waals surface area contributed by atoms with Gasteiger partial charge in [-0.1, -0.05) is 55.7 Å². The van der Waals surface area contributed by atoms with Crippen LogP contribution >= 0.6 is 0 Å². The number of carbonyl (C=O) groups excluding carboxylic acids is 2. The minimum atomic E-state index is -4.24. The van der Waals surface area contributed by atoms with Crippen molar-refractivity contribution in [2.75, 3.05) is 33.3 Å². The van der Waals surface area contributed by atoms with Crippen molar-refractivity contribution >= 4 is 32.9 Å². The number of rotatable bonds is 10. The molecule has 1 aromatic heterocycles. The van der Waals surface area contributed by atoms with Gasteiger partial charge >= 0.3 is 0 Å². The van der Waals surface area contributed by atoms with Gasteiger partial charge in [0.2, 0.25) is 5.91 Å². The highest BCUT2D eigenvalue weighted by Crippen LogP contribution is 2.53. The molecule has 4 fully saturated rings. The SMILES string of the molecule is COc1ccc(-c2c(C3CCCCC3)c3ccc(C(=O)NS(N)(=O)=O)cc3n2CC2(C(=O)N3CC4CN(Cc5ccccc5)CC4C3)CC2)cc1. The van der Waals surface area contributed by atoms with E-state index >= 15 is 0 Å². The average molecular weight is 710 g/mol. The number of amides is 2. The first kappa shape index (κ1) is 33.9. The van der Waals surface area contributed by atoms with Crippen LogP contribution in [0.25, 0.3) is 22.2 Å². The van der Waals surface area contributed by atoms with Gasteiger partial charge in [-0.15, -0.1) is 0 Å². The van der Waals surface area contributed by atoms with Gasteiger partial charge in [0.05, 0.1) is 18.2 Å². The van der Waals surface area contributed by atoms with Crippen LogP contribution in [0.5, 0.6) is 5.75 Å².